The zero-order valence-electron chi connectivity index (χ0n) is 11.6. The molecule has 0 radical (unpaired) electrons. The molecule has 0 spiro atoms. The van der Waals surface area contributed by atoms with E-state index in [1.165, 1.54) is 0 Å². The normalized spacial score (nSPS) is 11.1. The molecular weight excluding hydrogens is 252 g/mol. The Balaban J connectivity index is 2.04. The molecule has 0 aliphatic heterocycles. The average Bonchev–Trinajstić information content (AvgIpc) is 2.85. The molecule has 102 valence electrons. The Labute approximate surface area is 116 Å². The third-order valence-electron chi connectivity index (χ3n) is 3.50. The van der Waals surface area contributed by atoms with Gasteiger partial charge in [-0.1, -0.05) is 12.1 Å². The van der Waals surface area contributed by atoms with Gasteiger partial charge in [-0.15, -0.1) is 0 Å². The number of imidazole rings is 1. The Morgan fingerprint density at radius 3 is 2.70 bits per heavy atom. The van der Waals surface area contributed by atoms with Gasteiger partial charge in [0.1, 0.15) is 11.5 Å². The predicted molar refractivity (Wildman–Crippen MR) is 77.7 cm³/mol. The molecule has 3 rings (SSSR count). The fourth-order valence-corrected chi connectivity index (χ4v) is 2.39. The van der Waals surface area contributed by atoms with Crippen LogP contribution in [-0.4, -0.2) is 19.1 Å². The highest BCUT2D eigenvalue weighted by Crippen LogP contribution is 2.10. The Kier molecular flexibility index (Phi) is 3.10. The van der Waals surface area contributed by atoms with Crippen molar-refractivity contribution in [3.05, 3.63) is 58.5 Å². The molecule has 0 amide bonds. The molecule has 0 aliphatic carbocycles. The first-order valence-electron chi connectivity index (χ1n) is 6.61. The summed E-state index contributed by atoms with van der Waals surface area (Å²) in [5, 5.41) is 0. The molecule has 5 nitrogen and oxygen atoms in total. The largest absolute Gasteiger partial charge is 0.333 e. The lowest BCUT2D eigenvalue weighted by atomic mass is 10.2. The molecular formula is C15H16N4O. The zero-order valence-corrected chi connectivity index (χ0v) is 11.6. The van der Waals surface area contributed by atoms with Crippen molar-refractivity contribution in [2.75, 3.05) is 0 Å². The second-order valence-corrected chi connectivity index (χ2v) is 4.81. The van der Waals surface area contributed by atoms with Crippen LogP contribution in [-0.2, 0) is 13.1 Å². The van der Waals surface area contributed by atoms with Gasteiger partial charge in [-0.25, -0.2) is 9.97 Å². The standard InChI is InChI=1S/C15H16N4O/c1-11-15(20)19(10-9-18-8-7-16-12(18)2)14-6-4-3-5-13(14)17-11/h3-8H,9-10H2,1-2H3. The molecule has 0 unspecified atom stereocenters. The minimum Gasteiger partial charge on any atom is -0.333 e. The number of hydrogen-bond acceptors (Lipinski definition) is 3. The van der Waals surface area contributed by atoms with E-state index in [9.17, 15) is 4.79 Å². The van der Waals surface area contributed by atoms with Crippen LogP contribution in [0.4, 0.5) is 0 Å². The van der Waals surface area contributed by atoms with Crippen LogP contribution in [0.1, 0.15) is 11.5 Å². The predicted octanol–water partition coefficient (Wildman–Crippen LogP) is 1.91. The number of hydrogen-bond donors (Lipinski definition) is 0. The molecule has 0 saturated heterocycles. The summed E-state index contributed by atoms with van der Waals surface area (Å²) in [5.41, 5.74) is 2.24. The van der Waals surface area contributed by atoms with Gasteiger partial charge in [0.15, 0.2) is 0 Å². The molecule has 0 saturated carbocycles. The minimum absolute atomic E-state index is 0.0264. The quantitative estimate of drug-likeness (QED) is 0.729. The molecule has 0 N–H and O–H groups in total. The van der Waals surface area contributed by atoms with Crippen molar-refractivity contribution in [2.45, 2.75) is 26.9 Å². The summed E-state index contributed by atoms with van der Waals surface area (Å²) < 4.78 is 3.83. The van der Waals surface area contributed by atoms with Crippen LogP contribution in [0.3, 0.4) is 0 Å². The molecule has 5 heteroatoms. The van der Waals surface area contributed by atoms with Gasteiger partial charge in [-0.3, -0.25) is 4.79 Å². The fraction of sp³-hybridized carbons (Fsp3) is 0.267. The van der Waals surface area contributed by atoms with Crippen LogP contribution < -0.4 is 5.56 Å². The fourth-order valence-electron chi connectivity index (χ4n) is 2.39. The first-order chi connectivity index (χ1) is 9.66. The third-order valence-corrected chi connectivity index (χ3v) is 3.50. The van der Waals surface area contributed by atoms with E-state index in [2.05, 4.69) is 9.97 Å². The monoisotopic (exact) mass is 268 g/mol. The van der Waals surface area contributed by atoms with Gasteiger partial charge in [0.2, 0.25) is 0 Å². The van der Waals surface area contributed by atoms with Crippen molar-refractivity contribution < 1.29 is 0 Å². The zero-order chi connectivity index (χ0) is 14.1. The highest BCUT2D eigenvalue weighted by molar-refractivity contribution is 5.74. The van der Waals surface area contributed by atoms with E-state index in [1.807, 2.05) is 42.0 Å². The highest BCUT2D eigenvalue weighted by Gasteiger charge is 2.07. The van der Waals surface area contributed by atoms with Crippen molar-refractivity contribution in [3.8, 4) is 0 Å². The van der Waals surface area contributed by atoms with Crippen LogP contribution in [0, 0.1) is 13.8 Å². The number of aryl methyl sites for hydroxylation is 4. The lowest BCUT2D eigenvalue weighted by Crippen LogP contribution is -2.26. The number of fused-ring (bicyclic) bond motifs is 1. The van der Waals surface area contributed by atoms with Crippen LogP contribution in [0.25, 0.3) is 11.0 Å². The maximum atomic E-state index is 12.3. The second kappa shape index (κ2) is 4.92. The van der Waals surface area contributed by atoms with Crippen molar-refractivity contribution in [1.82, 2.24) is 19.1 Å². The topological polar surface area (TPSA) is 52.7 Å². The molecule has 0 bridgehead atoms. The summed E-state index contributed by atoms with van der Waals surface area (Å²) in [6.45, 7) is 5.05. The number of benzene rings is 1. The summed E-state index contributed by atoms with van der Waals surface area (Å²) in [5.74, 6) is 0.952. The molecule has 2 heterocycles. The van der Waals surface area contributed by atoms with Crippen molar-refractivity contribution in [2.24, 2.45) is 0 Å². The molecule has 0 fully saturated rings. The van der Waals surface area contributed by atoms with E-state index >= 15 is 0 Å². The lowest BCUT2D eigenvalue weighted by molar-refractivity contribution is 0.565. The summed E-state index contributed by atoms with van der Waals surface area (Å²) in [4.78, 5) is 20.8. The van der Waals surface area contributed by atoms with Crippen LogP contribution >= 0.6 is 0 Å². The molecule has 1 aromatic carbocycles. The number of nitrogens with zero attached hydrogens (tertiary/aromatic N) is 4. The van der Waals surface area contributed by atoms with E-state index in [1.54, 1.807) is 17.7 Å². The summed E-state index contributed by atoms with van der Waals surface area (Å²) >= 11 is 0. The van der Waals surface area contributed by atoms with Crippen LogP contribution in [0.5, 0.6) is 0 Å². The number of para-hydroxylation sites is 2. The second-order valence-electron chi connectivity index (χ2n) is 4.81. The summed E-state index contributed by atoms with van der Waals surface area (Å²) in [6, 6.07) is 7.73. The van der Waals surface area contributed by atoms with E-state index in [-0.39, 0.29) is 5.56 Å². The van der Waals surface area contributed by atoms with E-state index in [4.69, 9.17) is 0 Å². The maximum Gasteiger partial charge on any atom is 0.272 e. The minimum atomic E-state index is -0.0264. The SMILES string of the molecule is Cc1nc2ccccc2n(CCn2ccnc2C)c1=O. The lowest BCUT2D eigenvalue weighted by Gasteiger charge is -2.12. The Bertz CT molecular complexity index is 816. The number of aromatic nitrogens is 4. The first-order valence-corrected chi connectivity index (χ1v) is 6.61. The van der Waals surface area contributed by atoms with E-state index in [0.717, 1.165) is 23.4 Å². The molecule has 2 aromatic heterocycles. The van der Waals surface area contributed by atoms with Crippen LogP contribution in [0.15, 0.2) is 41.5 Å². The van der Waals surface area contributed by atoms with Gasteiger partial charge in [-0.05, 0) is 26.0 Å². The van der Waals surface area contributed by atoms with E-state index in [0.29, 0.717) is 12.2 Å². The smallest absolute Gasteiger partial charge is 0.272 e. The molecule has 3 aromatic rings. The Morgan fingerprint density at radius 2 is 1.95 bits per heavy atom. The van der Waals surface area contributed by atoms with Crippen molar-refractivity contribution in [1.29, 1.82) is 0 Å². The van der Waals surface area contributed by atoms with Gasteiger partial charge in [0.25, 0.3) is 5.56 Å². The van der Waals surface area contributed by atoms with Gasteiger partial charge >= 0.3 is 0 Å². The first kappa shape index (κ1) is 12.6. The average molecular weight is 268 g/mol. The molecule has 20 heavy (non-hydrogen) atoms. The molecule has 0 atom stereocenters. The van der Waals surface area contributed by atoms with Gasteiger partial charge in [-0.2, -0.15) is 0 Å². The van der Waals surface area contributed by atoms with Gasteiger partial charge in [0, 0.05) is 25.5 Å². The summed E-state index contributed by atoms with van der Waals surface area (Å²) in [7, 11) is 0. The third kappa shape index (κ3) is 2.11. The van der Waals surface area contributed by atoms with Gasteiger partial charge in [0.05, 0.1) is 11.0 Å². The number of rotatable bonds is 3. The highest BCUT2D eigenvalue weighted by atomic mass is 16.1. The molecule has 0 aliphatic rings. The van der Waals surface area contributed by atoms with E-state index < -0.39 is 0 Å². The van der Waals surface area contributed by atoms with Crippen molar-refractivity contribution in [3.63, 3.8) is 0 Å². The van der Waals surface area contributed by atoms with Crippen LogP contribution in [0.2, 0.25) is 0 Å². The summed E-state index contributed by atoms with van der Waals surface area (Å²) in [6.07, 6.45) is 3.70. The Morgan fingerprint density at radius 1 is 1.15 bits per heavy atom. The van der Waals surface area contributed by atoms with Crippen molar-refractivity contribution >= 4 is 11.0 Å². The maximum absolute atomic E-state index is 12.3. The Hall–Kier alpha value is -2.43. The van der Waals surface area contributed by atoms with Gasteiger partial charge < -0.3 is 9.13 Å².